The third kappa shape index (κ3) is 5.82. The zero-order chi connectivity index (χ0) is 32.2. The van der Waals surface area contributed by atoms with Crippen LogP contribution in [-0.2, 0) is 19.1 Å². The first-order valence-electron chi connectivity index (χ1n) is 17.0. The molecule has 2 bridgehead atoms. The highest BCUT2D eigenvalue weighted by Gasteiger charge is 2.79. The molecule has 3 amide bonds. The lowest BCUT2D eigenvalue weighted by atomic mass is 9.64. The number of hydrogen-bond acceptors (Lipinski definition) is 6. The molecule has 9 nitrogen and oxygen atoms in total. The van der Waals surface area contributed by atoms with E-state index < -0.39 is 29.1 Å². The average molecular weight is 622 g/mol. The molecule has 1 aliphatic carbocycles. The maximum Gasteiger partial charge on any atom is 0.248 e. The summed E-state index contributed by atoms with van der Waals surface area (Å²) in [6.07, 6.45) is 11.4. The van der Waals surface area contributed by atoms with Crippen molar-refractivity contribution in [2.75, 3.05) is 37.7 Å². The van der Waals surface area contributed by atoms with Crippen LogP contribution in [0.1, 0.15) is 78.1 Å². The van der Waals surface area contributed by atoms with Crippen LogP contribution in [-0.4, -0.2) is 88.8 Å². The number of carbonyl (C=O) groups is 3. The van der Waals surface area contributed by atoms with Crippen molar-refractivity contribution in [3.8, 4) is 5.75 Å². The van der Waals surface area contributed by atoms with Gasteiger partial charge in [-0.15, -0.1) is 13.2 Å². The summed E-state index contributed by atoms with van der Waals surface area (Å²) >= 11 is 0. The molecule has 45 heavy (non-hydrogen) atoms. The van der Waals surface area contributed by atoms with Crippen LogP contribution >= 0.6 is 0 Å². The molecule has 1 N–H and O–H groups in total. The van der Waals surface area contributed by atoms with Crippen LogP contribution in [0.25, 0.3) is 0 Å². The number of benzene rings is 1. The SMILES string of the molecule is C=CCN(C(=O)[C@@H]1[C@H]2C(=O)N(CCCCO)C(C(=O)N(CC=C)C3CCCCC3)C23CC[C@@]1(CC)O3)c1ccc(OCC)cc1. The van der Waals surface area contributed by atoms with Gasteiger partial charge in [-0.3, -0.25) is 14.4 Å². The molecule has 0 radical (unpaired) electrons. The van der Waals surface area contributed by atoms with Gasteiger partial charge >= 0.3 is 0 Å². The van der Waals surface area contributed by atoms with E-state index in [-0.39, 0.29) is 36.9 Å². The zero-order valence-electron chi connectivity index (χ0n) is 27.1. The molecule has 5 atom stereocenters. The number of fused-ring (bicyclic) bond motifs is 1. The van der Waals surface area contributed by atoms with E-state index in [0.29, 0.717) is 63.2 Å². The van der Waals surface area contributed by atoms with Crippen LogP contribution in [0.5, 0.6) is 5.75 Å². The van der Waals surface area contributed by atoms with E-state index in [9.17, 15) is 19.5 Å². The van der Waals surface area contributed by atoms with Crippen molar-refractivity contribution in [2.24, 2.45) is 11.8 Å². The Labute approximate surface area is 268 Å². The Hall–Kier alpha value is -3.17. The summed E-state index contributed by atoms with van der Waals surface area (Å²) in [7, 11) is 0. The number of nitrogens with zero attached hydrogens (tertiary/aromatic N) is 3. The second-order valence-corrected chi connectivity index (χ2v) is 13.0. The fourth-order valence-corrected chi connectivity index (χ4v) is 8.62. The van der Waals surface area contributed by atoms with Crippen LogP contribution in [0.4, 0.5) is 5.69 Å². The third-order valence-corrected chi connectivity index (χ3v) is 10.6. The highest BCUT2D eigenvalue weighted by Crippen LogP contribution is 2.65. The minimum absolute atomic E-state index is 0.00896. The number of likely N-dealkylation sites (tertiary alicyclic amines) is 1. The first-order valence-corrected chi connectivity index (χ1v) is 17.0. The Morgan fingerprint density at radius 1 is 1.04 bits per heavy atom. The van der Waals surface area contributed by atoms with E-state index in [0.717, 1.165) is 32.1 Å². The highest BCUT2D eigenvalue weighted by molar-refractivity contribution is 6.03. The van der Waals surface area contributed by atoms with Crippen molar-refractivity contribution in [1.82, 2.24) is 9.80 Å². The van der Waals surface area contributed by atoms with Crippen molar-refractivity contribution < 1.29 is 29.0 Å². The summed E-state index contributed by atoms with van der Waals surface area (Å²) in [6.45, 7) is 13.4. The number of rotatable bonds is 15. The molecule has 3 saturated heterocycles. The summed E-state index contributed by atoms with van der Waals surface area (Å²) in [5, 5.41) is 9.54. The van der Waals surface area contributed by atoms with E-state index in [1.54, 1.807) is 22.0 Å². The normalized spacial score (nSPS) is 29.0. The molecule has 5 rings (SSSR count). The second-order valence-electron chi connectivity index (χ2n) is 13.0. The first kappa shape index (κ1) is 33.2. The number of hydrogen-bond donors (Lipinski definition) is 1. The summed E-state index contributed by atoms with van der Waals surface area (Å²) in [5.74, 6) is -1.26. The van der Waals surface area contributed by atoms with Crippen molar-refractivity contribution in [2.45, 2.75) is 101 Å². The molecular formula is C36H51N3O6. The van der Waals surface area contributed by atoms with E-state index in [1.165, 1.54) is 0 Å². The lowest BCUT2D eigenvalue weighted by Gasteiger charge is -2.41. The van der Waals surface area contributed by atoms with Crippen LogP contribution in [0.3, 0.4) is 0 Å². The van der Waals surface area contributed by atoms with Gasteiger partial charge in [0.1, 0.15) is 17.4 Å². The Morgan fingerprint density at radius 3 is 2.38 bits per heavy atom. The standard InChI is InChI=1S/C36H51N3O6/c1-5-22-37(27-16-18-28(19-17-27)44-8-4)32(41)29-30-33(42)39(24-12-13-25-40)31(36(30)21-20-35(29,7-3)45-36)34(43)38(23-6-2)26-14-10-9-11-15-26/h5-6,16-19,26,29-31,40H,1-2,7-15,20-25H2,3-4H3/t29-,30-,31?,35+,36?/m0/s1. The van der Waals surface area contributed by atoms with Crippen molar-refractivity contribution in [3.05, 3.63) is 49.6 Å². The molecule has 3 aliphatic heterocycles. The molecule has 4 fully saturated rings. The van der Waals surface area contributed by atoms with E-state index in [1.807, 2.05) is 43.0 Å². The number of ether oxygens (including phenoxy) is 2. The fourth-order valence-electron chi connectivity index (χ4n) is 8.62. The maximum absolute atomic E-state index is 14.8. The molecule has 1 saturated carbocycles. The molecule has 1 aromatic rings. The molecular weight excluding hydrogens is 570 g/mol. The number of carbonyl (C=O) groups excluding carboxylic acids is 3. The second kappa shape index (κ2) is 14.1. The minimum Gasteiger partial charge on any atom is -0.494 e. The predicted octanol–water partition coefficient (Wildman–Crippen LogP) is 4.88. The monoisotopic (exact) mass is 621 g/mol. The van der Waals surface area contributed by atoms with Crippen LogP contribution in [0.15, 0.2) is 49.6 Å². The van der Waals surface area contributed by atoms with E-state index >= 15 is 0 Å². The van der Waals surface area contributed by atoms with Gasteiger partial charge in [-0.1, -0.05) is 38.3 Å². The molecule has 1 aromatic carbocycles. The number of aliphatic hydroxyl groups is 1. The van der Waals surface area contributed by atoms with Crippen molar-refractivity contribution in [1.29, 1.82) is 0 Å². The van der Waals surface area contributed by atoms with Crippen LogP contribution < -0.4 is 9.64 Å². The molecule has 9 heteroatoms. The summed E-state index contributed by atoms with van der Waals surface area (Å²) in [4.78, 5) is 49.5. The molecule has 3 heterocycles. The molecule has 2 unspecified atom stereocenters. The first-order chi connectivity index (χ1) is 21.8. The van der Waals surface area contributed by atoms with Gasteiger partial charge in [-0.2, -0.15) is 0 Å². The van der Waals surface area contributed by atoms with E-state index in [4.69, 9.17) is 9.47 Å². The Bertz CT molecular complexity index is 1250. The summed E-state index contributed by atoms with van der Waals surface area (Å²) in [5.41, 5.74) is -1.23. The highest BCUT2D eigenvalue weighted by atomic mass is 16.5. The molecule has 4 aliphatic rings. The zero-order valence-corrected chi connectivity index (χ0v) is 27.1. The maximum atomic E-state index is 14.8. The van der Waals surface area contributed by atoms with Gasteiger partial charge in [0.25, 0.3) is 0 Å². The topological polar surface area (TPSA) is 99.6 Å². The van der Waals surface area contributed by atoms with Gasteiger partial charge in [-0.25, -0.2) is 0 Å². The molecule has 246 valence electrons. The summed E-state index contributed by atoms with van der Waals surface area (Å²) < 4.78 is 12.7. The van der Waals surface area contributed by atoms with Crippen LogP contribution in [0, 0.1) is 11.8 Å². The molecule has 0 aromatic heterocycles. The predicted molar refractivity (Wildman–Crippen MR) is 174 cm³/mol. The summed E-state index contributed by atoms with van der Waals surface area (Å²) in [6, 6.07) is 6.67. The fraction of sp³-hybridized carbons (Fsp3) is 0.639. The van der Waals surface area contributed by atoms with Crippen LogP contribution in [0.2, 0.25) is 0 Å². The third-order valence-electron chi connectivity index (χ3n) is 10.6. The quantitative estimate of drug-likeness (QED) is 0.222. The largest absolute Gasteiger partial charge is 0.494 e. The van der Waals surface area contributed by atoms with Crippen molar-refractivity contribution >= 4 is 23.4 Å². The lowest BCUT2D eigenvalue weighted by molar-refractivity contribution is -0.154. The minimum atomic E-state index is -1.09. The van der Waals surface area contributed by atoms with Gasteiger partial charge < -0.3 is 29.3 Å². The van der Waals surface area contributed by atoms with Gasteiger partial charge in [0.15, 0.2) is 0 Å². The number of amides is 3. The van der Waals surface area contributed by atoms with Gasteiger partial charge in [0, 0.05) is 38.0 Å². The van der Waals surface area contributed by atoms with Crippen molar-refractivity contribution in [3.63, 3.8) is 0 Å². The number of aliphatic hydroxyl groups excluding tert-OH is 1. The van der Waals surface area contributed by atoms with Gasteiger partial charge in [0.2, 0.25) is 17.7 Å². The molecule has 1 spiro atoms. The number of anilines is 1. The average Bonchev–Trinajstić information content (AvgIpc) is 3.66. The lowest BCUT2D eigenvalue weighted by Crippen LogP contribution is -2.58. The van der Waals surface area contributed by atoms with Gasteiger partial charge in [-0.05, 0) is 76.1 Å². The number of unbranched alkanes of at least 4 members (excludes halogenated alkanes) is 1. The van der Waals surface area contributed by atoms with E-state index in [2.05, 4.69) is 13.2 Å². The smallest absolute Gasteiger partial charge is 0.248 e. The Kier molecular flexibility index (Phi) is 10.4. The van der Waals surface area contributed by atoms with Gasteiger partial charge in [0.05, 0.1) is 24.0 Å². The Balaban J connectivity index is 1.55. The Morgan fingerprint density at radius 2 is 1.76 bits per heavy atom.